The van der Waals surface area contributed by atoms with Crippen LogP contribution in [0.15, 0.2) is 42.0 Å². The van der Waals surface area contributed by atoms with Crippen molar-refractivity contribution in [3.63, 3.8) is 0 Å². The van der Waals surface area contributed by atoms with E-state index in [2.05, 4.69) is 5.32 Å². The number of hydrogen-bond acceptors (Lipinski definition) is 4. The van der Waals surface area contributed by atoms with Crippen molar-refractivity contribution in [2.45, 2.75) is 20.0 Å². The highest BCUT2D eigenvalue weighted by Crippen LogP contribution is 2.31. The highest BCUT2D eigenvalue weighted by atomic mass is 35.5. The van der Waals surface area contributed by atoms with Crippen molar-refractivity contribution in [1.82, 2.24) is 0 Å². The fourth-order valence-corrected chi connectivity index (χ4v) is 2.73. The molecular weight excluding hydrogens is 387 g/mol. The molecule has 0 radical (unpaired) electrons. The molecule has 0 aliphatic heterocycles. The van der Waals surface area contributed by atoms with Gasteiger partial charge in [0, 0.05) is 0 Å². The Bertz CT molecular complexity index is 898. The number of benzene rings is 2. The lowest BCUT2D eigenvalue weighted by Crippen LogP contribution is -2.14. The van der Waals surface area contributed by atoms with Crippen molar-refractivity contribution in [1.29, 1.82) is 5.26 Å². The average molecular weight is 405 g/mol. The summed E-state index contributed by atoms with van der Waals surface area (Å²) in [5.74, 6) is 0.466. The van der Waals surface area contributed by atoms with Gasteiger partial charge in [0.1, 0.15) is 11.6 Å². The molecule has 0 atom stereocenters. The zero-order valence-electron chi connectivity index (χ0n) is 15.0. The first-order chi connectivity index (χ1) is 12.8. The Morgan fingerprint density at radius 3 is 2.41 bits per heavy atom. The van der Waals surface area contributed by atoms with Gasteiger partial charge in [-0.15, -0.1) is 0 Å². The second-order valence-electron chi connectivity index (χ2n) is 5.80. The van der Waals surface area contributed by atoms with Gasteiger partial charge in [-0.2, -0.15) is 5.26 Å². The summed E-state index contributed by atoms with van der Waals surface area (Å²) in [6.45, 7) is 3.82. The Morgan fingerprint density at radius 1 is 1.19 bits per heavy atom. The van der Waals surface area contributed by atoms with Gasteiger partial charge >= 0.3 is 0 Å². The molecule has 7 heteroatoms. The van der Waals surface area contributed by atoms with E-state index in [1.807, 2.05) is 19.9 Å². The second kappa shape index (κ2) is 9.31. The number of para-hydroxylation sites is 1. The molecule has 0 bridgehead atoms. The van der Waals surface area contributed by atoms with E-state index in [9.17, 15) is 10.1 Å². The minimum atomic E-state index is -0.617. The van der Waals surface area contributed by atoms with Gasteiger partial charge < -0.3 is 14.8 Å². The third-order valence-corrected chi connectivity index (χ3v) is 4.06. The molecule has 2 aromatic carbocycles. The van der Waals surface area contributed by atoms with Gasteiger partial charge in [0.15, 0.2) is 11.5 Å². The van der Waals surface area contributed by atoms with E-state index in [4.69, 9.17) is 32.7 Å². The first-order valence-corrected chi connectivity index (χ1v) is 8.83. The summed E-state index contributed by atoms with van der Waals surface area (Å²) in [6, 6.07) is 11.9. The van der Waals surface area contributed by atoms with E-state index in [0.29, 0.717) is 17.1 Å². The molecule has 0 fully saturated rings. The Hall–Kier alpha value is -2.68. The van der Waals surface area contributed by atoms with Gasteiger partial charge in [-0.25, -0.2) is 0 Å². The molecule has 2 aromatic rings. The number of amides is 1. The van der Waals surface area contributed by atoms with Gasteiger partial charge in [0.2, 0.25) is 0 Å². The third kappa shape index (κ3) is 5.40. The van der Waals surface area contributed by atoms with Crippen LogP contribution in [0, 0.1) is 11.3 Å². The smallest absolute Gasteiger partial charge is 0.266 e. The Morgan fingerprint density at radius 2 is 1.85 bits per heavy atom. The molecule has 0 aliphatic rings. The molecular formula is C20H18Cl2N2O3. The van der Waals surface area contributed by atoms with E-state index in [1.165, 1.54) is 13.2 Å². The molecule has 27 heavy (non-hydrogen) atoms. The van der Waals surface area contributed by atoms with Crippen LogP contribution in [0.2, 0.25) is 10.0 Å². The number of nitriles is 1. The predicted octanol–water partition coefficient (Wildman–Crippen LogP) is 5.33. The molecule has 0 spiro atoms. The van der Waals surface area contributed by atoms with Crippen LogP contribution in [-0.2, 0) is 4.79 Å². The van der Waals surface area contributed by atoms with Crippen LogP contribution in [0.3, 0.4) is 0 Å². The maximum atomic E-state index is 12.4. The van der Waals surface area contributed by atoms with Crippen molar-refractivity contribution in [2.24, 2.45) is 0 Å². The molecule has 5 nitrogen and oxygen atoms in total. The summed E-state index contributed by atoms with van der Waals surface area (Å²) < 4.78 is 11.0. The summed E-state index contributed by atoms with van der Waals surface area (Å²) in [5.41, 5.74) is 0.760. The Balaban J connectivity index is 2.30. The third-order valence-electron chi connectivity index (χ3n) is 3.43. The van der Waals surface area contributed by atoms with E-state index < -0.39 is 5.91 Å². The lowest BCUT2D eigenvalue weighted by atomic mass is 10.1. The van der Waals surface area contributed by atoms with Crippen LogP contribution in [0.5, 0.6) is 11.5 Å². The molecule has 0 saturated carbocycles. The van der Waals surface area contributed by atoms with Crippen molar-refractivity contribution < 1.29 is 14.3 Å². The van der Waals surface area contributed by atoms with Crippen LogP contribution in [-0.4, -0.2) is 19.1 Å². The summed E-state index contributed by atoms with van der Waals surface area (Å²) in [7, 11) is 1.52. The van der Waals surface area contributed by atoms with Crippen LogP contribution in [0.25, 0.3) is 6.08 Å². The van der Waals surface area contributed by atoms with Gasteiger partial charge in [0.05, 0.1) is 28.9 Å². The van der Waals surface area contributed by atoms with Gasteiger partial charge in [-0.1, -0.05) is 35.3 Å². The van der Waals surface area contributed by atoms with Gasteiger partial charge in [0.25, 0.3) is 5.91 Å². The van der Waals surface area contributed by atoms with Crippen LogP contribution in [0.1, 0.15) is 19.4 Å². The first kappa shape index (κ1) is 20.6. The van der Waals surface area contributed by atoms with E-state index in [-0.39, 0.29) is 27.4 Å². The first-order valence-electron chi connectivity index (χ1n) is 8.07. The van der Waals surface area contributed by atoms with Crippen LogP contribution >= 0.6 is 23.2 Å². The molecule has 140 valence electrons. The van der Waals surface area contributed by atoms with Crippen molar-refractivity contribution in [2.75, 3.05) is 12.4 Å². The molecule has 0 heterocycles. The predicted molar refractivity (Wildman–Crippen MR) is 107 cm³/mol. The quantitative estimate of drug-likeness (QED) is 0.521. The van der Waals surface area contributed by atoms with E-state index in [0.717, 1.165) is 0 Å². The number of hydrogen-bond donors (Lipinski definition) is 1. The highest BCUT2D eigenvalue weighted by molar-refractivity contribution is 6.40. The molecule has 0 saturated heterocycles. The number of methoxy groups -OCH3 is 1. The number of rotatable bonds is 6. The average Bonchev–Trinajstić information content (AvgIpc) is 2.63. The minimum absolute atomic E-state index is 0.0129. The minimum Gasteiger partial charge on any atom is -0.493 e. The number of carbonyl (C=O) groups excluding carboxylic acids is 1. The maximum absolute atomic E-state index is 12.4. The Labute approximate surface area is 168 Å². The SMILES string of the molecule is COc1cc(/C=C(\C#N)C(=O)Nc2c(Cl)cccc2Cl)ccc1OC(C)C. The van der Waals surface area contributed by atoms with E-state index >= 15 is 0 Å². The summed E-state index contributed by atoms with van der Waals surface area (Å²) >= 11 is 12.1. The molecule has 1 amide bonds. The zero-order valence-corrected chi connectivity index (χ0v) is 16.6. The zero-order chi connectivity index (χ0) is 20.0. The molecule has 2 rings (SSSR count). The number of carbonyl (C=O) groups is 1. The standard InChI is InChI=1S/C20H18Cl2N2O3/c1-12(2)27-17-8-7-13(10-18(17)26-3)9-14(11-23)20(25)24-19-15(21)5-4-6-16(19)22/h4-10,12H,1-3H3,(H,24,25)/b14-9+. The van der Waals surface area contributed by atoms with Crippen LogP contribution in [0.4, 0.5) is 5.69 Å². The van der Waals surface area contributed by atoms with E-state index in [1.54, 1.807) is 36.4 Å². The summed E-state index contributed by atoms with van der Waals surface area (Å²) in [6.07, 6.45) is 1.43. The number of ether oxygens (including phenoxy) is 2. The fraction of sp³-hybridized carbons (Fsp3) is 0.200. The molecule has 0 aromatic heterocycles. The number of nitrogens with zero attached hydrogens (tertiary/aromatic N) is 1. The summed E-state index contributed by atoms with van der Waals surface area (Å²) in [5, 5.41) is 12.5. The van der Waals surface area contributed by atoms with Crippen LogP contribution < -0.4 is 14.8 Å². The normalized spacial score (nSPS) is 11.1. The summed E-state index contributed by atoms with van der Waals surface area (Å²) in [4.78, 5) is 12.4. The topological polar surface area (TPSA) is 71.3 Å². The number of anilines is 1. The van der Waals surface area contributed by atoms with Crippen molar-refractivity contribution in [3.05, 3.63) is 57.6 Å². The number of halogens is 2. The monoisotopic (exact) mass is 404 g/mol. The molecule has 1 N–H and O–H groups in total. The van der Waals surface area contributed by atoms with Crippen molar-refractivity contribution >= 4 is 40.9 Å². The molecule has 0 unspecified atom stereocenters. The lowest BCUT2D eigenvalue weighted by Gasteiger charge is -2.14. The number of nitrogens with one attached hydrogen (secondary N) is 1. The Kier molecular flexibility index (Phi) is 7.12. The maximum Gasteiger partial charge on any atom is 0.266 e. The largest absolute Gasteiger partial charge is 0.493 e. The highest BCUT2D eigenvalue weighted by Gasteiger charge is 2.14. The molecule has 0 aliphatic carbocycles. The fourth-order valence-electron chi connectivity index (χ4n) is 2.24. The van der Waals surface area contributed by atoms with Crippen molar-refractivity contribution in [3.8, 4) is 17.6 Å². The van der Waals surface area contributed by atoms with Gasteiger partial charge in [-0.05, 0) is 49.8 Å². The van der Waals surface area contributed by atoms with Gasteiger partial charge in [-0.3, -0.25) is 4.79 Å². The lowest BCUT2D eigenvalue weighted by molar-refractivity contribution is -0.112. The second-order valence-corrected chi connectivity index (χ2v) is 6.61.